The first-order valence-electron chi connectivity index (χ1n) is 6.53. The highest BCUT2D eigenvalue weighted by molar-refractivity contribution is 5.77. The van der Waals surface area contributed by atoms with Crippen molar-refractivity contribution in [2.24, 2.45) is 5.73 Å². The van der Waals surface area contributed by atoms with E-state index in [9.17, 15) is 0 Å². The Morgan fingerprint density at radius 3 is 2.89 bits per heavy atom. The van der Waals surface area contributed by atoms with Crippen LogP contribution in [0.4, 0.5) is 0 Å². The van der Waals surface area contributed by atoms with Gasteiger partial charge in [0.25, 0.3) is 0 Å². The van der Waals surface area contributed by atoms with Crippen LogP contribution in [-0.4, -0.2) is 23.2 Å². The van der Waals surface area contributed by atoms with Crippen molar-refractivity contribution in [2.45, 2.75) is 32.7 Å². The van der Waals surface area contributed by atoms with Crippen LogP contribution < -0.4 is 10.5 Å². The van der Waals surface area contributed by atoms with Crippen molar-refractivity contribution in [3.63, 3.8) is 0 Å². The molecule has 0 aliphatic heterocycles. The van der Waals surface area contributed by atoms with E-state index >= 15 is 0 Å². The molecule has 0 radical (unpaired) electrons. The van der Waals surface area contributed by atoms with Gasteiger partial charge in [0.05, 0.1) is 18.1 Å². The summed E-state index contributed by atoms with van der Waals surface area (Å²) in [6, 6.07) is 6.07. The summed E-state index contributed by atoms with van der Waals surface area (Å²) >= 11 is 0. The molecule has 0 aliphatic carbocycles. The molecule has 1 aromatic carbocycles. The normalized spacial score (nSPS) is 11.1. The van der Waals surface area contributed by atoms with Crippen molar-refractivity contribution in [3.8, 4) is 5.75 Å². The van der Waals surface area contributed by atoms with Gasteiger partial charge >= 0.3 is 0 Å². The molecule has 98 valence electrons. The van der Waals surface area contributed by atoms with E-state index in [1.165, 1.54) is 5.52 Å². The average molecular weight is 247 g/mol. The van der Waals surface area contributed by atoms with Crippen molar-refractivity contribution in [1.29, 1.82) is 0 Å². The van der Waals surface area contributed by atoms with Gasteiger partial charge in [-0.3, -0.25) is 0 Å². The third kappa shape index (κ3) is 2.48. The molecule has 0 aliphatic rings. The Labute approximate surface area is 108 Å². The zero-order chi connectivity index (χ0) is 13.0. The molecule has 0 atom stereocenters. The SMILES string of the molecule is CCCn1c(CCCN)nc2cc(OC)ccc21. The fourth-order valence-corrected chi connectivity index (χ4v) is 2.21. The first-order valence-corrected chi connectivity index (χ1v) is 6.53. The minimum absolute atomic E-state index is 0.707. The predicted octanol–water partition coefficient (Wildman–Crippen LogP) is 2.35. The number of nitrogens with two attached hydrogens (primary N) is 1. The topological polar surface area (TPSA) is 53.1 Å². The molecular weight excluding hydrogens is 226 g/mol. The minimum atomic E-state index is 0.707. The van der Waals surface area contributed by atoms with Gasteiger partial charge in [0.2, 0.25) is 0 Å². The monoisotopic (exact) mass is 247 g/mol. The fourth-order valence-electron chi connectivity index (χ4n) is 2.21. The molecule has 0 spiro atoms. The molecule has 18 heavy (non-hydrogen) atoms. The summed E-state index contributed by atoms with van der Waals surface area (Å²) in [6.07, 6.45) is 3.02. The highest BCUT2D eigenvalue weighted by atomic mass is 16.5. The van der Waals surface area contributed by atoms with Gasteiger partial charge in [0.1, 0.15) is 11.6 Å². The number of hydrogen-bond acceptors (Lipinski definition) is 3. The molecule has 0 fully saturated rings. The van der Waals surface area contributed by atoms with Crippen LogP contribution in [-0.2, 0) is 13.0 Å². The maximum atomic E-state index is 5.58. The van der Waals surface area contributed by atoms with Gasteiger partial charge < -0.3 is 15.0 Å². The molecule has 4 heteroatoms. The lowest BCUT2D eigenvalue weighted by atomic mass is 10.3. The smallest absolute Gasteiger partial charge is 0.121 e. The lowest BCUT2D eigenvalue weighted by molar-refractivity contribution is 0.415. The van der Waals surface area contributed by atoms with Crippen molar-refractivity contribution >= 4 is 11.0 Å². The van der Waals surface area contributed by atoms with Gasteiger partial charge in [-0.05, 0) is 31.5 Å². The lowest BCUT2D eigenvalue weighted by Crippen LogP contribution is -2.07. The Kier molecular flexibility index (Phi) is 4.20. The predicted molar refractivity (Wildman–Crippen MR) is 74.0 cm³/mol. The summed E-state index contributed by atoms with van der Waals surface area (Å²) < 4.78 is 7.54. The first kappa shape index (κ1) is 12.9. The second-order valence-corrected chi connectivity index (χ2v) is 4.43. The van der Waals surface area contributed by atoms with E-state index in [-0.39, 0.29) is 0 Å². The quantitative estimate of drug-likeness (QED) is 0.852. The molecule has 1 heterocycles. The number of benzene rings is 1. The van der Waals surface area contributed by atoms with Gasteiger partial charge in [-0.1, -0.05) is 6.92 Å². The van der Waals surface area contributed by atoms with E-state index in [2.05, 4.69) is 17.6 Å². The highest BCUT2D eigenvalue weighted by Gasteiger charge is 2.10. The molecule has 2 N–H and O–H groups in total. The number of aryl methyl sites for hydroxylation is 2. The maximum Gasteiger partial charge on any atom is 0.121 e. The number of aromatic nitrogens is 2. The third-order valence-electron chi connectivity index (χ3n) is 3.09. The Morgan fingerprint density at radius 2 is 2.22 bits per heavy atom. The summed E-state index contributed by atoms with van der Waals surface area (Å²) in [6.45, 7) is 3.89. The standard InChI is InChI=1S/C14H21N3O/c1-3-9-17-13-7-6-11(18-2)10-12(13)16-14(17)5-4-8-15/h6-7,10H,3-5,8-9,15H2,1-2H3. The average Bonchev–Trinajstić information content (AvgIpc) is 2.74. The molecule has 2 rings (SSSR count). The zero-order valence-corrected chi connectivity index (χ0v) is 11.1. The molecule has 4 nitrogen and oxygen atoms in total. The van der Waals surface area contributed by atoms with E-state index < -0.39 is 0 Å². The second-order valence-electron chi connectivity index (χ2n) is 4.43. The van der Waals surface area contributed by atoms with Crippen molar-refractivity contribution < 1.29 is 4.74 Å². The Bertz CT molecular complexity index is 519. The van der Waals surface area contributed by atoms with Crippen LogP contribution in [0.1, 0.15) is 25.6 Å². The van der Waals surface area contributed by atoms with Crippen LogP contribution in [0.2, 0.25) is 0 Å². The first-order chi connectivity index (χ1) is 8.80. The van der Waals surface area contributed by atoms with Crippen LogP contribution >= 0.6 is 0 Å². The Morgan fingerprint density at radius 1 is 1.39 bits per heavy atom. The van der Waals surface area contributed by atoms with Crippen LogP contribution in [0.25, 0.3) is 11.0 Å². The molecule has 0 bridgehead atoms. The lowest BCUT2D eigenvalue weighted by Gasteiger charge is -2.07. The van der Waals surface area contributed by atoms with Crippen LogP contribution in [0.3, 0.4) is 0 Å². The number of imidazole rings is 1. The van der Waals surface area contributed by atoms with E-state index in [0.29, 0.717) is 6.54 Å². The number of ether oxygens (including phenoxy) is 1. The number of hydrogen-bond donors (Lipinski definition) is 1. The van der Waals surface area contributed by atoms with Crippen molar-refractivity contribution in [1.82, 2.24) is 9.55 Å². The maximum absolute atomic E-state index is 5.58. The molecular formula is C14H21N3O. The molecule has 0 saturated carbocycles. The van der Waals surface area contributed by atoms with Gasteiger partial charge in [-0.2, -0.15) is 0 Å². The zero-order valence-electron chi connectivity index (χ0n) is 11.1. The fraction of sp³-hybridized carbons (Fsp3) is 0.500. The van der Waals surface area contributed by atoms with Crippen molar-refractivity contribution in [3.05, 3.63) is 24.0 Å². The summed E-state index contributed by atoms with van der Waals surface area (Å²) in [5.41, 5.74) is 7.78. The van der Waals surface area contributed by atoms with Gasteiger partial charge in [0.15, 0.2) is 0 Å². The van der Waals surface area contributed by atoms with Crippen LogP contribution in [0.5, 0.6) is 5.75 Å². The molecule has 0 unspecified atom stereocenters. The van der Waals surface area contributed by atoms with Crippen LogP contribution in [0, 0.1) is 0 Å². The largest absolute Gasteiger partial charge is 0.497 e. The van der Waals surface area contributed by atoms with E-state index in [1.54, 1.807) is 7.11 Å². The highest BCUT2D eigenvalue weighted by Crippen LogP contribution is 2.22. The van der Waals surface area contributed by atoms with Gasteiger partial charge in [-0.25, -0.2) is 4.98 Å². The van der Waals surface area contributed by atoms with E-state index in [0.717, 1.165) is 42.9 Å². The summed E-state index contributed by atoms with van der Waals surface area (Å²) in [5.74, 6) is 1.99. The minimum Gasteiger partial charge on any atom is -0.497 e. The second kappa shape index (κ2) is 5.87. The molecule has 0 saturated heterocycles. The Hall–Kier alpha value is -1.55. The van der Waals surface area contributed by atoms with Gasteiger partial charge in [0, 0.05) is 19.0 Å². The summed E-state index contributed by atoms with van der Waals surface area (Å²) in [5, 5.41) is 0. The summed E-state index contributed by atoms with van der Waals surface area (Å²) in [7, 11) is 1.68. The van der Waals surface area contributed by atoms with Crippen LogP contribution in [0.15, 0.2) is 18.2 Å². The number of rotatable bonds is 6. The number of fused-ring (bicyclic) bond motifs is 1. The number of methoxy groups -OCH3 is 1. The van der Waals surface area contributed by atoms with Crippen molar-refractivity contribution in [2.75, 3.05) is 13.7 Å². The summed E-state index contributed by atoms with van der Waals surface area (Å²) in [4.78, 5) is 4.70. The molecule has 2 aromatic rings. The Balaban J connectivity index is 2.44. The van der Waals surface area contributed by atoms with E-state index in [4.69, 9.17) is 15.5 Å². The molecule has 1 aromatic heterocycles. The van der Waals surface area contributed by atoms with Gasteiger partial charge in [-0.15, -0.1) is 0 Å². The third-order valence-corrected chi connectivity index (χ3v) is 3.09. The van der Waals surface area contributed by atoms with E-state index in [1.807, 2.05) is 12.1 Å². The molecule has 0 amide bonds. The number of nitrogens with zero attached hydrogens (tertiary/aromatic N) is 2.